The van der Waals surface area contributed by atoms with Crippen molar-refractivity contribution >= 4 is 5.96 Å². The topological polar surface area (TPSA) is 64.1 Å². The number of guanidine groups is 1. The monoisotopic (exact) mass is 397 g/mol. The van der Waals surface area contributed by atoms with Crippen LogP contribution in [-0.2, 0) is 6.54 Å². The minimum absolute atomic E-state index is 0.0137. The van der Waals surface area contributed by atoms with E-state index in [1.54, 1.807) is 31.4 Å². The van der Waals surface area contributed by atoms with Crippen LogP contribution in [0.25, 0.3) is 0 Å². The first kappa shape index (κ1) is 21.2. The maximum absolute atomic E-state index is 13.9. The van der Waals surface area contributed by atoms with E-state index in [-0.39, 0.29) is 17.9 Å². The molecule has 0 unspecified atom stereocenters. The van der Waals surface area contributed by atoms with Crippen LogP contribution in [0.4, 0.5) is 13.2 Å². The number of hydrogen-bond acceptors (Lipinski definition) is 4. The molecule has 0 radical (unpaired) electrons. The number of ether oxygens (including phenoxy) is 3. The Morgan fingerprint density at radius 3 is 2.43 bits per heavy atom. The minimum atomic E-state index is -3.03. The molecule has 0 fully saturated rings. The van der Waals surface area contributed by atoms with Crippen molar-refractivity contribution in [2.45, 2.75) is 13.2 Å². The van der Waals surface area contributed by atoms with Crippen molar-refractivity contribution in [1.82, 2.24) is 10.6 Å². The van der Waals surface area contributed by atoms with Gasteiger partial charge in [0.05, 0.1) is 13.7 Å². The number of nitrogens with zero attached hydrogens (tertiary/aromatic N) is 1. The van der Waals surface area contributed by atoms with Crippen molar-refractivity contribution in [2.75, 3.05) is 27.3 Å². The molecule has 2 N–H and O–H groups in total. The van der Waals surface area contributed by atoms with Crippen molar-refractivity contribution in [3.8, 4) is 17.2 Å². The summed E-state index contributed by atoms with van der Waals surface area (Å²) in [5, 5.41) is 5.85. The average Bonchev–Trinajstić information content (AvgIpc) is 2.69. The second-order valence-corrected chi connectivity index (χ2v) is 5.47. The van der Waals surface area contributed by atoms with Gasteiger partial charge in [0, 0.05) is 19.2 Å². The zero-order valence-electron chi connectivity index (χ0n) is 15.5. The van der Waals surface area contributed by atoms with Gasteiger partial charge in [-0.25, -0.2) is 4.39 Å². The second kappa shape index (κ2) is 10.9. The largest absolute Gasteiger partial charge is 0.497 e. The number of halogens is 3. The van der Waals surface area contributed by atoms with E-state index in [0.29, 0.717) is 24.9 Å². The van der Waals surface area contributed by atoms with Crippen molar-refractivity contribution < 1.29 is 27.4 Å². The van der Waals surface area contributed by atoms with E-state index >= 15 is 0 Å². The minimum Gasteiger partial charge on any atom is -0.497 e. The lowest BCUT2D eigenvalue weighted by Crippen LogP contribution is -2.39. The number of rotatable bonds is 9. The molecule has 9 heteroatoms. The molecule has 152 valence electrons. The van der Waals surface area contributed by atoms with E-state index in [1.165, 1.54) is 25.2 Å². The number of alkyl halides is 2. The van der Waals surface area contributed by atoms with Crippen molar-refractivity contribution in [3.63, 3.8) is 0 Å². The molecule has 0 amide bonds. The van der Waals surface area contributed by atoms with Gasteiger partial charge in [-0.2, -0.15) is 8.78 Å². The van der Waals surface area contributed by atoms with E-state index in [2.05, 4.69) is 20.4 Å². The summed E-state index contributed by atoms with van der Waals surface area (Å²) in [6.07, 6.45) is 0. The van der Waals surface area contributed by atoms with Gasteiger partial charge in [0.2, 0.25) is 0 Å². The molecule has 0 saturated heterocycles. The van der Waals surface area contributed by atoms with Gasteiger partial charge >= 0.3 is 6.61 Å². The highest BCUT2D eigenvalue weighted by molar-refractivity contribution is 5.79. The summed E-state index contributed by atoms with van der Waals surface area (Å²) in [6, 6.07) is 10.9. The number of nitrogens with one attached hydrogen (secondary N) is 2. The Kier molecular flexibility index (Phi) is 8.26. The zero-order valence-corrected chi connectivity index (χ0v) is 15.5. The Labute approximate surface area is 161 Å². The second-order valence-electron chi connectivity index (χ2n) is 5.47. The van der Waals surface area contributed by atoms with E-state index in [4.69, 9.17) is 9.47 Å². The molecule has 0 aliphatic carbocycles. The highest BCUT2D eigenvalue weighted by Gasteiger charge is 2.14. The first-order valence-corrected chi connectivity index (χ1v) is 8.47. The first-order valence-electron chi connectivity index (χ1n) is 8.47. The smallest absolute Gasteiger partial charge is 0.387 e. The molecule has 2 rings (SSSR count). The maximum atomic E-state index is 13.9. The van der Waals surface area contributed by atoms with E-state index < -0.39 is 12.4 Å². The molecule has 0 bridgehead atoms. The van der Waals surface area contributed by atoms with Crippen LogP contribution >= 0.6 is 0 Å². The fourth-order valence-electron chi connectivity index (χ4n) is 2.32. The van der Waals surface area contributed by atoms with Crippen LogP contribution in [0.5, 0.6) is 17.2 Å². The van der Waals surface area contributed by atoms with Gasteiger partial charge in [-0.3, -0.25) is 4.99 Å². The molecular formula is C19H22F3N3O3. The molecule has 6 nitrogen and oxygen atoms in total. The number of hydrogen-bond donors (Lipinski definition) is 2. The Morgan fingerprint density at radius 1 is 1.07 bits per heavy atom. The Hall–Kier alpha value is -3.10. The summed E-state index contributed by atoms with van der Waals surface area (Å²) < 4.78 is 53.9. The van der Waals surface area contributed by atoms with E-state index in [1.807, 2.05) is 0 Å². The summed E-state index contributed by atoms with van der Waals surface area (Å²) in [5.41, 5.74) is -0.0137. The maximum Gasteiger partial charge on any atom is 0.387 e. The summed E-state index contributed by atoms with van der Waals surface area (Å²) in [5.74, 6) is 0.915. The molecule has 0 aromatic heterocycles. The predicted octanol–water partition coefficient (Wildman–Crippen LogP) is 3.18. The Morgan fingerprint density at radius 2 is 1.79 bits per heavy atom. The normalized spacial score (nSPS) is 11.3. The van der Waals surface area contributed by atoms with Gasteiger partial charge in [-0.1, -0.05) is 6.07 Å². The number of benzene rings is 2. The first-order chi connectivity index (χ1) is 13.5. The molecule has 0 aliphatic rings. The van der Waals surface area contributed by atoms with Crippen LogP contribution in [0.15, 0.2) is 47.5 Å². The highest BCUT2D eigenvalue weighted by atomic mass is 19.3. The number of aliphatic imine (C=N–C) groups is 1. The summed E-state index contributed by atoms with van der Waals surface area (Å²) in [7, 11) is 3.12. The Balaban J connectivity index is 1.81. The molecule has 0 aliphatic heterocycles. The number of methoxy groups -OCH3 is 1. The molecule has 0 atom stereocenters. The standard InChI is InChI=1S/C19H22F3N3O3/c1-23-19(24-10-11-27-14-8-6-13(26-2)7-9-14)25-12-15-16(20)4-3-5-17(15)28-18(21)22/h3-9,18H,10-12H2,1-2H3,(H2,23,24,25). The third kappa shape index (κ3) is 6.57. The van der Waals surface area contributed by atoms with Crippen LogP contribution in [-0.4, -0.2) is 39.9 Å². The Bertz CT molecular complexity index is 771. The van der Waals surface area contributed by atoms with Crippen molar-refractivity contribution in [3.05, 3.63) is 53.8 Å². The molecule has 28 heavy (non-hydrogen) atoms. The molecule has 0 heterocycles. The summed E-state index contributed by atoms with van der Waals surface area (Å²) in [4.78, 5) is 4.00. The van der Waals surface area contributed by atoms with Crippen LogP contribution in [0.1, 0.15) is 5.56 Å². The van der Waals surface area contributed by atoms with Crippen LogP contribution in [0.2, 0.25) is 0 Å². The molecule has 2 aromatic carbocycles. The third-order valence-corrected chi connectivity index (χ3v) is 3.67. The van der Waals surface area contributed by atoms with E-state index in [0.717, 1.165) is 5.75 Å². The summed E-state index contributed by atoms with van der Waals surface area (Å²) >= 11 is 0. The zero-order chi connectivity index (χ0) is 20.4. The molecular weight excluding hydrogens is 375 g/mol. The van der Waals surface area contributed by atoms with Crippen molar-refractivity contribution in [2.24, 2.45) is 4.99 Å². The van der Waals surface area contributed by atoms with Gasteiger partial charge in [-0.15, -0.1) is 0 Å². The van der Waals surface area contributed by atoms with Gasteiger partial charge in [-0.05, 0) is 36.4 Å². The molecule has 0 saturated carbocycles. The molecule has 0 spiro atoms. The van der Waals surface area contributed by atoms with Gasteiger partial charge in [0.25, 0.3) is 0 Å². The lowest BCUT2D eigenvalue weighted by atomic mass is 10.2. The SMILES string of the molecule is CN=C(NCCOc1ccc(OC)cc1)NCc1c(F)cccc1OC(F)F. The average molecular weight is 397 g/mol. The van der Waals surface area contributed by atoms with Gasteiger partial charge < -0.3 is 24.8 Å². The van der Waals surface area contributed by atoms with Crippen LogP contribution in [0.3, 0.4) is 0 Å². The highest BCUT2D eigenvalue weighted by Crippen LogP contribution is 2.23. The quantitative estimate of drug-likeness (QED) is 0.387. The lowest BCUT2D eigenvalue weighted by molar-refractivity contribution is -0.0506. The fourth-order valence-corrected chi connectivity index (χ4v) is 2.32. The van der Waals surface area contributed by atoms with Gasteiger partial charge in [0.15, 0.2) is 5.96 Å². The fraction of sp³-hybridized carbons (Fsp3) is 0.316. The van der Waals surface area contributed by atoms with E-state index in [9.17, 15) is 13.2 Å². The lowest BCUT2D eigenvalue weighted by Gasteiger charge is -2.15. The van der Waals surface area contributed by atoms with Crippen LogP contribution < -0.4 is 24.8 Å². The third-order valence-electron chi connectivity index (χ3n) is 3.67. The van der Waals surface area contributed by atoms with Crippen molar-refractivity contribution in [1.29, 1.82) is 0 Å². The van der Waals surface area contributed by atoms with Gasteiger partial charge in [0.1, 0.15) is 29.7 Å². The molecule has 2 aromatic rings. The summed E-state index contributed by atoms with van der Waals surface area (Å²) in [6.45, 7) is -2.34. The van der Waals surface area contributed by atoms with Crippen LogP contribution in [0, 0.1) is 5.82 Å². The predicted molar refractivity (Wildman–Crippen MR) is 99.7 cm³/mol.